The van der Waals surface area contributed by atoms with E-state index in [0.29, 0.717) is 0 Å². The number of hydrogen-bond donors (Lipinski definition) is 1. The molecule has 0 spiro atoms. The van der Waals surface area contributed by atoms with Gasteiger partial charge in [0.05, 0.1) is 0 Å². The molecule has 0 unspecified atom stereocenters. The third-order valence-corrected chi connectivity index (χ3v) is 7.78. The van der Waals surface area contributed by atoms with E-state index in [-0.39, 0.29) is 0 Å². The van der Waals surface area contributed by atoms with Crippen molar-refractivity contribution in [3.8, 4) is 0 Å². The molecule has 1 nitrogen and oxygen atoms in total. The molecule has 0 aromatic heterocycles. The van der Waals surface area contributed by atoms with Gasteiger partial charge in [0, 0.05) is 11.4 Å². The topological polar surface area (TPSA) is 12.0 Å². The van der Waals surface area contributed by atoms with E-state index < -0.39 is 0 Å². The number of anilines is 2. The lowest BCUT2D eigenvalue weighted by atomic mass is 9.93. The van der Waals surface area contributed by atoms with Crippen molar-refractivity contribution in [3.05, 3.63) is 133 Å². The molecular formula is C36H23N. The lowest BCUT2D eigenvalue weighted by molar-refractivity contribution is 1.60. The molecule has 0 radical (unpaired) electrons. The molecule has 0 bridgehead atoms. The van der Waals surface area contributed by atoms with Gasteiger partial charge in [-0.25, -0.2) is 0 Å². The first kappa shape index (κ1) is 20.3. The molecule has 8 aromatic carbocycles. The maximum absolute atomic E-state index is 3.71. The molecule has 0 amide bonds. The Kier molecular flexibility index (Phi) is 4.29. The van der Waals surface area contributed by atoms with Crippen LogP contribution in [0.15, 0.2) is 133 Å². The molecule has 0 saturated carbocycles. The molecule has 0 aliphatic carbocycles. The van der Waals surface area contributed by atoms with Gasteiger partial charge in [-0.2, -0.15) is 0 Å². The number of rotatable bonds is 2. The Morgan fingerprint density at radius 2 is 0.486 bits per heavy atom. The first-order valence-electron chi connectivity index (χ1n) is 12.8. The minimum Gasteiger partial charge on any atom is -0.355 e. The van der Waals surface area contributed by atoms with Crippen LogP contribution in [0, 0.1) is 0 Å². The first-order chi connectivity index (χ1) is 18.3. The van der Waals surface area contributed by atoms with Gasteiger partial charge in [0.2, 0.25) is 0 Å². The monoisotopic (exact) mass is 469 g/mol. The highest BCUT2D eigenvalue weighted by atomic mass is 14.9. The van der Waals surface area contributed by atoms with Crippen molar-refractivity contribution in [1.82, 2.24) is 0 Å². The van der Waals surface area contributed by atoms with E-state index in [1.54, 1.807) is 0 Å². The fourth-order valence-electron chi connectivity index (χ4n) is 6.14. The number of fused-ring (bicyclic) bond motifs is 12. The minimum atomic E-state index is 1.09. The third-order valence-electron chi connectivity index (χ3n) is 7.78. The molecule has 1 heteroatoms. The molecule has 0 aliphatic heterocycles. The summed E-state index contributed by atoms with van der Waals surface area (Å²) in [5.41, 5.74) is 2.19. The Morgan fingerprint density at radius 1 is 0.243 bits per heavy atom. The lowest BCUT2D eigenvalue weighted by Crippen LogP contribution is -1.92. The molecular weight excluding hydrogens is 446 g/mol. The fourth-order valence-corrected chi connectivity index (χ4v) is 6.14. The summed E-state index contributed by atoms with van der Waals surface area (Å²) in [6.07, 6.45) is 0. The van der Waals surface area contributed by atoms with Gasteiger partial charge in [-0.3, -0.25) is 0 Å². The number of hydrogen-bond acceptors (Lipinski definition) is 1. The van der Waals surface area contributed by atoms with Gasteiger partial charge in [0.15, 0.2) is 0 Å². The Bertz CT molecular complexity index is 1940. The van der Waals surface area contributed by atoms with E-state index in [1.807, 2.05) is 0 Å². The summed E-state index contributed by atoms with van der Waals surface area (Å²) in [7, 11) is 0. The van der Waals surface area contributed by atoms with Crippen molar-refractivity contribution in [3.63, 3.8) is 0 Å². The van der Waals surface area contributed by atoms with Gasteiger partial charge in [0.25, 0.3) is 0 Å². The SMILES string of the molecule is c1ccc2c(c1)c1ccccc1c1cc(Nc3ccc4c5ccccc5c5ccccc5c4c3)ccc21. The predicted molar refractivity (Wildman–Crippen MR) is 161 cm³/mol. The van der Waals surface area contributed by atoms with E-state index in [9.17, 15) is 0 Å². The molecule has 1 N–H and O–H groups in total. The van der Waals surface area contributed by atoms with Gasteiger partial charge in [-0.05, 0) is 88.9 Å². The number of benzene rings is 8. The predicted octanol–water partition coefficient (Wildman–Crippen LogP) is 10.3. The van der Waals surface area contributed by atoms with E-state index in [0.717, 1.165) is 11.4 Å². The third kappa shape index (κ3) is 3.04. The maximum Gasteiger partial charge on any atom is 0.0390 e. The highest BCUT2D eigenvalue weighted by Crippen LogP contribution is 2.38. The average Bonchev–Trinajstić information content (AvgIpc) is 2.97. The van der Waals surface area contributed by atoms with Crippen molar-refractivity contribution in [1.29, 1.82) is 0 Å². The zero-order valence-electron chi connectivity index (χ0n) is 20.2. The standard InChI is InChI=1S/C36H23N/c1-3-13-29-25(9-1)27-11-5-7-15-31(27)35-21-23(17-19-33(29)35)37-24-18-20-34-30-14-4-2-10-26(30)28-12-6-8-16-32(28)36(34)22-24/h1-22,37H. The summed E-state index contributed by atoms with van der Waals surface area (Å²) in [6, 6.07) is 48.4. The molecule has 0 fully saturated rings. The smallest absolute Gasteiger partial charge is 0.0390 e. The molecule has 8 rings (SSSR count). The van der Waals surface area contributed by atoms with Crippen molar-refractivity contribution >= 4 is 76.0 Å². The zero-order valence-corrected chi connectivity index (χ0v) is 20.2. The van der Waals surface area contributed by atoms with E-state index >= 15 is 0 Å². The van der Waals surface area contributed by atoms with Crippen molar-refractivity contribution in [2.75, 3.05) is 5.32 Å². The molecule has 0 saturated heterocycles. The van der Waals surface area contributed by atoms with Crippen LogP contribution in [0.1, 0.15) is 0 Å². The van der Waals surface area contributed by atoms with Crippen LogP contribution in [-0.2, 0) is 0 Å². The van der Waals surface area contributed by atoms with Crippen molar-refractivity contribution in [2.24, 2.45) is 0 Å². The quantitative estimate of drug-likeness (QED) is 0.248. The van der Waals surface area contributed by atoms with Crippen molar-refractivity contribution < 1.29 is 0 Å². The molecule has 8 aromatic rings. The van der Waals surface area contributed by atoms with E-state index in [1.165, 1.54) is 64.6 Å². The Hall–Kier alpha value is -4.88. The van der Waals surface area contributed by atoms with Crippen LogP contribution in [0.5, 0.6) is 0 Å². The minimum absolute atomic E-state index is 1.09. The zero-order chi connectivity index (χ0) is 24.3. The van der Waals surface area contributed by atoms with Gasteiger partial charge < -0.3 is 5.32 Å². The second-order valence-corrected chi connectivity index (χ2v) is 9.83. The second-order valence-electron chi connectivity index (χ2n) is 9.83. The normalized spacial score (nSPS) is 11.8. The lowest BCUT2D eigenvalue weighted by Gasteiger charge is -2.14. The number of nitrogens with one attached hydrogen (secondary N) is 1. The molecule has 172 valence electrons. The molecule has 0 heterocycles. The maximum atomic E-state index is 3.71. The van der Waals surface area contributed by atoms with Crippen LogP contribution in [0.4, 0.5) is 11.4 Å². The van der Waals surface area contributed by atoms with Gasteiger partial charge in [-0.1, -0.05) is 109 Å². The summed E-state index contributed by atoms with van der Waals surface area (Å²) in [5.74, 6) is 0. The van der Waals surface area contributed by atoms with Crippen molar-refractivity contribution in [2.45, 2.75) is 0 Å². The highest BCUT2D eigenvalue weighted by Gasteiger charge is 2.11. The fraction of sp³-hybridized carbons (Fsp3) is 0. The van der Waals surface area contributed by atoms with Crippen LogP contribution < -0.4 is 5.32 Å². The van der Waals surface area contributed by atoms with Crippen LogP contribution in [-0.4, -0.2) is 0 Å². The summed E-state index contributed by atoms with van der Waals surface area (Å²) in [6.45, 7) is 0. The first-order valence-corrected chi connectivity index (χ1v) is 12.8. The molecule has 0 atom stereocenters. The highest BCUT2D eigenvalue weighted by molar-refractivity contribution is 6.27. The van der Waals surface area contributed by atoms with Crippen LogP contribution in [0.2, 0.25) is 0 Å². The Labute approximate surface area is 214 Å². The summed E-state index contributed by atoms with van der Waals surface area (Å²) in [5, 5.41) is 19.2. The summed E-state index contributed by atoms with van der Waals surface area (Å²) >= 11 is 0. The molecule has 37 heavy (non-hydrogen) atoms. The summed E-state index contributed by atoms with van der Waals surface area (Å²) in [4.78, 5) is 0. The van der Waals surface area contributed by atoms with Gasteiger partial charge in [0.1, 0.15) is 0 Å². The van der Waals surface area contributed by atoms with E-state index in [4.69, 9.17) is 0 Å². The molecule has 0 aliphatic rings. The van der Waals surface area contributed by atoms with E-state index in [2.05, 4.69) is 139 Å². The Morgan fingerprint density at radius 3 is 0.784 bits per heavy atom. The Balaban J connectivity index is 1.33. The van der Waals surface area contributed by atoms with Crippen LogP contribution >= 0.6 is 0 Å². The second kappa shape index (κ2) is 7.81. The van der Waals surface area contributed by atoms with Gasteiger partial charge in [-0.15, -0.1) is 0 Å². The van der Waals surface area contributed by atoms with Gasteiger partial charge >= 0.3 is 0 Å². The summed E-state index contributed by atoms with van der Waals surface area (Å²) < 4.78 is 0. The largest absolute Gasteiger partial charge is 0.355 e. The average molecular weight is 470 g/mol. The van der Waals surface area contributed by atoms with Crippen LogP contribution in [0.25, 0.3) is 64.6 Å². The van der Waals surface area contributed by atoms with Crippen LogP contribution in [0.3, 0.4) is 0 Å².